The van der Waals surface area contributed by atoms with Gasteiger partial charge in [0, 0.05) is 45.0 Å². The predicted octanol–water partition coefficient (Wildman–Crippen LogP) is 4.40. The Bertz CT molecular complexity index is 708. The number of halogens is 2. The Hall–Kier alpha value is -1.22. The fraction of sp³-hybridized carbons (Fsp3) is 0.556. The summed E-state index contributed by atoms with van der Waals surface area (Å²) in [6.07, 6.45) is 4.04. The van der Waals surface area contributed by atoms with E-state index in [2.05, 4.69) is 29.3 Å². The van der Waals surface area contributed by atoms with E-state index < -0.39 is 0 Å². The van der Waals surface area contributed by atoms with Crippen LogP contribution in [0.25, 0.3) is 0 Å². The van der Waals surface area contributed by atoms with Crippen molar-refractivity contribution < 1.29 is 4.52 Å². The summed E-state index contributed by atoms with van der Waals surface area (Å²) in [5.74, 6) is 2.07. The summed E-state index contributed by atoms with van der Waals surface area (Å²) >= 11 is 6.05. The molecule has 146 valence electrons. The van der Waals surface area contributed by atoms with Crippen LogP contribution in [0.3, 0.4) is 0 Å². The number of aliphatic imine (C=N–C) groups is 1. The number of aromatic nitrogens is 2. The number of aryl methyl sites for hydroxylation is 1. The Labute approximate surface area is 178 Å². The zero-order valence-corrected chi connectivity index (χ0v) is 19.2. The SMILES string of the molecule is CCC(CC)c1cc(CNC(=NC)N(C)Cc2cc(Cl)cn2C)on1.I. The maximum absolute atomic E-state index is 6.05. The number of guanidine groups is 1. The normalized spacial score (nSPS) is 11.6. The Kier molecular flexibility index (Phi) is 9.49. The molecule has 0 saturated heterocycles. The van der Waals surface area contributed by atoms with E-state index in [1.165, 1.54) is 0 Å². The van der Waals surface area contributed by atoms with Crippen molar-refractivity contribution in [2.24, 2.45) is 12.0 Å². The lowest BCUT2D eigenvalue weighted by molar-refractivity contribution is 0.365. The van der Waals surface area contributed by atoms with E-state index in [9.17, 15) is 0 Å². The van der Waals surface area contributed by atoms with Gasteiger partial charge in [-0.2, -0.15) is 0 Å². The van der Waals surface area contributed by atoms with E-state index in [1.54, 1.807) is 7.05 Å². The standard InChI is InChI=1S/C18H28ClN5O.HI/c1-6-13(7-2)17-9-16(25-22-17)10-21-18(20-3)24(5)12-15-8-14(19)11-23(15)4;/h8-9,11,13H,6-7,10,12H2,1-5H3,(H,20,21);1H. The quantitative estimate of drug-likeness (QED) is 0.353. The van der Waals surface area contributed by atoms with E-state index in [-0.39, 0.29) is 24.0 Å². The van der Waals surface area contributed by atoms with Gasteiger partial charge in [-0.25, -0.2) is 0 Å². The Balaban J connectivity index is 0.00000338. The number of nitrogens with zero attached hydrogens (tertiary/aromatic N) is 4. The molecule has 0 bridgehead atoms. The summed E-state index contributed by atoms with van der Waals surface area (Å²) in [5, 5.41) is 8.26. The van der Waals surface area contributed by atoms with Crippen molar-refractivity contribution in [2.45, 2.75) is 45.7 Å². The zero-order chi connectivity index (χ0) is 18.4. The molecule has 0 radical (unpaired) electrons. The highest BCUT2D eigenvalue weighted by atomic mass is 127. The predicted molar refractivity (Wildman–Crippen MR) is 117 cm³/mol. The van der Waals surface area contributed by atoms with Gasteiger partial charge >= 0.3 is 0 Å². The van der Waals surface area contributed by atoms with Crippen molar-refractivity contribution in [3.05, 3.63) is 40.5 Å². The zero-order valence-electron chi connectivity index (χ0n) is 16.1. The van der Waals surface area contributed by atoms with Crippen LogP contribution in [0, 0.1) is 0 Å². The molecule has 0 aliphatic rings. The molecular weight excluding hydrogens is 465 g/mol. The average Bonchev–Trinajstić information content (AvgIpc) is 3.16. The number of rotatable bonds is 7. The van der Waals surface area contributed by atoms with Crippen LogP contribution in [0.15, 0.2) is 27.8 Å². The van der Waals surface area contributed by atoms with Crippen molar-refractivity contribution in [3.63, 3.8) is 0 Å². The van der Waals surface area contributed by atoms with E-state index in [0.717, 1.165) is 41.0 Å². The Morgan fingerprint density at radius 2 is 2.08 bits per heavy atom. The summed E-state index contributed by atoms with van der Waals surface area (Å²) < 4.78 is 7.48. The van der Waals surface area contributed by atoms with Gasteiger partial charge in [-0.1, -0.05) is 30.6 Å². The summed E-state index contributed by atoms with van der Waals surface area (Å²) in [7, 11) is 5.75. The molecule has 0 amide bonds. The molecule has 0 spiro atoms. The molecule has 0 aliphatic heterocycles. The van der Waals surface area contributed by atoms with Crippen LogP contribution in [-0.4, -0.2) is 34.7 Å². The molecule has 0 aliphatic carbocycles. The maximum Gasteiger partial charge on any atom is 0.194 e. The molecule has 0 fully saturated rings. The molecule has 8 heteroatoms. The van der Waals surface area contributed by atoms with Crippen LogP contribution in [0.4, 0.5) is 0 Å². The molecule has 0 atom stereocenters. The fourth-order valence-electron chi connectivity index (χ4n) is 2.90. The van der Waals surface area contributed by atoms with E-state index in [0.29, 0.717) is 19.0 Å². The van der Waals surface area contributed by atoms with Gasteiger partial charge in [0.25, 0.3) is 0 Å². The summed E-state index contributed by atoms with van der Waals surface area (Å²) in [4.78, 5) is 6.38. The van der Waals surface area contributed by atoms with Crippen molar-refractivity contribution in [1.29, 1.82) is 0 Å². The van der Waals surface area contributed by atoms with Gasteiger partial charge < -0.3 is 19.3 Å². The smallest absolute Gasteiger partial charge is 0.194 e. The third-order valence-corrected chi connectivity index (χ3v) is 4.66. The Morgan fingerprint density at radius 3 is 2.62 bits per heavy atom. The van der Waals surface area contributed by atoms with Crippen molar-refractivity contribution in [3.8, 4) is 0 Å². The number of hydrogen-bond acceptors (Lipinski definition) is 3. The van der Waals surface area contributed by atoms with Crippen LogP contribution in [0.2, 0.25) is 5.02 Å². The third-order valence-electron chi connectivity index (χ3n) is 4.45. The average molecular weight is 494 g/mol. The lowest BCUT2D eigenvalue weighted by Gasteiger charge is -2.21. The minimum atomic E-state index is 0. The van der Waals surface area contributed by atoms with Gasteiger partial charge in [-0.15, -0.1) is 24.0 Å². The Morgan fingerprint density at radius 1 is 1.38 bits per heavy atom. The first-order valence-electron chi connectivity index (χ1n) is 8.66. The first-order chi connectivity index (χ1) is 12.0. The fourth-order valence-corrected chi connectivity index (χ4v) is 3.18. The van der Waals surface area contributed by atoms with Gasteiger partial charge in [0.2, 0.25) is 0 Å². The molecule has 1 N–H and O–H groups in total. The number of hydrogen-bond donors (Lipinski definition) is 1. The monoisotopic (exact) mass is 493 g/mol. The maximum atomic E-state index is 6.05. The van der Waals surface area contributed by atoms with Crippen LogP contribution in [-0.2, 0) is 20.1 Å². The van der Waals surface area contributed by atoms with E-state index in [1.807, 2.05) is 41.9 Å². The van der Waals surface area contributed by atoms with E-state index >= 15 is 0 Å². The highest BCUT2D eigenvalue weighted by molar-refractivity contribution is 14.0. The summed E-state index contributed by atoms with van der Waals surface area (Å²) in [6.45, 7) is 5.61. The largest absolute Gasteiger partial charge is 0.359 e. The molecule has 2 heterocycles. The highest BCUT2D eigenvalue weighted by Gasteiger charge is 2.14. The number of nitrogens with one attached hydrogen (secondary N) is 1. The molecule has 6 nitrogen and oxygen atoms in total. The molecule has 0 saturated carbocycles. The summed E-state index contributed by atoms with van der Waals surface area (Å²) in [6, 6.07) is 4.00. The van der Waals surface area contributed by atoms with E-state index in [4.69, 9.17) is 16.1 Å². The second-order valence-corrected chi connectivity index (χ2v) is 6.69. The molecule has 2 aromatic heterocycles. The van der Waals surface area contributed by atoms with Crippen LogP contribution < -0.4 is 5.32 Å². The molecular formula is C18H29ClIN5O. The molecule has 0 aromatic carbocycles. The van der Waals surface area contributed by atoms with Gasteiger partial charge in [-0.05, 0) is 18.9 Å². The van der Waals surface area contributed by atoms with Crippen molar-refractivity contribution >= 4 is 41.5 Å². The van der Waals surface area contributed by atoms with Gasteiger partial charge in [0.05, 0.1) is 23.8 Å². The second-order valence-electron chi connectivity index (χ2n) is 6.25. The first kappa shape index (κ1) is 22.8. The highest BCUT2D eigenvalue weighted by Crippen LogP contribution is 2.22. The molecule has 26 heavy (non-hydrogen) atoms. The lowest BCUT2D eigenvalue weighted by atomic mass is 9.99. The summed E-state index contributed by atoms with van der Waals surface area (Å²) in [5.41, 5.74) is 2.15. The van der Waals surface area contributed by atoms with Gasteiger partial charge in [-0.3, -0.25) is 4.99 Å². The topological polar surface area (TPSA) is 58.6 Å². The second kappa shape index (κ2) is 10.8. The molecule has 2 aromatic rings. The van der Waals surface area contributed by atoms with Crippen LogP contribution >= 0.6 is 35.6 Å². The van der Waals surface area contributed by atoms with Crippen molar-refractivity contribution in [1.82, 2.24) is 19.9 Å². The van der Waals surface area contributed by atoms with Crippen LogP contribution in [0.5, 0.6) is 0 Å². The van der Waals surface area contributed by atoms with Gasteiger partial charge in [0.15, 0.2) is 11.7 Å². The van der Waals surface area contributed by atoms with Crippen molar-refractivity contribution in [2.75, 3.05) is 14.1 Å². The lowest BCUT2D eigenvalue weighted by Crippen LogP contribution is -2.38. The van der Waals surface area contributed by atoms with Gasteiger partial charge in [0.1, 0.15) is 0 Å². The molecule has 2 rings (SSSR count). The molecule has 0 unspecified atom stereocenters. The minimum absolute atomic E-state index is 0. The van der Waals surface area contributed by atoms with Crippen LogP contribution in [0.1, 0.15) is 49.8 Å². The third kappa shape index (κ3) is 5.90. The first-order valence-corrected chi connectivity index (χ1v) is 9.04. The minimum Gasteiger partial charge on any atom is -0.359 e.